The molecular weight excluding hydrogens is 601 g/mol. The van der Waals surface area contributed by atoms with Gasteiger partial charge in [-0.3, -0.25) is 0 Å². The van der Waals surface area contributed by atoms with Crippen molar-refractivity contribution in [3.05, 3.63) is 61.2 Å². The zero-order valence-electron chi connectivity index (χ0n) is 25.1. The molecule has 0 radical (unpaired) electrons. The molecule has 44 heavy (non-hydrogen) atoms. The molecule has 2 aromatic heterocycles. The molecule has 0 bridgehead atoms. The summed E-state index contributed by atoms with van der Waals surface area (Å²) in [7, 11) is -6.52. The number of anilines is 2. The van der Waals surface area contributed by atoms with Crippen molar-refractivity contribution in [2.45, 2.75) is 86.1 Å². The van der Waals surface area contributed by atoms with Crippen molar-refractivity contribution < 1.29 is 16.8 Å². The smallest absolute Gasteiger partial charge is 0.175 e. The van der Waals surface area contributed by atoms with Gasteiger partial charge in [0.1, 0.15) is 5.69 Å². The predicted molar refractivity (Wildman–Crippen MR) is 170 cm³/mol. The first-order valence-electron chi connectivity index (χ1n) is 15.0. The molecule has 0 spiro atoms. The van der Waals surface area contributed by atoms with Gasteiger partial charge in [-0.2, -0.15) is 10.2 Å². The lowest BCUT2D eigenvalue weighted by Gasteiger charge is -2.25. The molecule has 2 aliphatic carbocycles. The number of hydrogen-bond acceptors (Lipinski definition) is 10. The summed E-state index contributed by atoms with van der Waals surface area (Å²) >= 11 is 0. The normalized spacial score (nSPS) is 16.6. The Labute approximate surface area is 259 Å². The Morgan fingerprint density at radius 2 is 1.14 bits per heavy atom. The van der Waals surface area contributed by atoms with E-state index in [-0.39, 0.29) is 9.79 Å². The van der Waals surface area contributed by atoms with Crippen LogP contribution in [0.25, 0.3) is 11.4 Å². The third kappa shape index (κ3) is 8.23. The van der Waals surface area contributed by atoms with Crippen LogP contribution in [0.3, 0.4) is 0 Å². The SMILES string of the molecule is CS(=O)(=O)c1ccc(NC2CCCCC2)c(-n2ccnn2)c1.CS(=O)(=O)c1ccc(NC2CCCCC2)c(-n2nccn2)c1. The van der Waals surface area contributed by atoms with E-state index in [0.29, 0.717) is 23.5 Å². The van der Waals surface area contributed by atoms with E-state index in [1.54, 1.807) is 53.7 Å². The largest absolute Gasteiger partial charge is 0.381 e. The highest BCUT2D eigenvalue weighted by atomic mass is 32.2. The fourth-order valence-electron chi connectivity index (χ4n) is 5.69. The van der Waals surface area contributed by atoms with Crippen molar-refractivity contribution >= 4 is 31.0 Å². The van der Waals surface area contributed by atoms with Crippen LogP contribution in [0.4, 0.5) is 11.4 Å². The zero-order valence-corrected chi connectivity index (χ0v) is 26.8. The number of nitrogens with zero attached hydrogens (tertiary/aromatic N) is 6. The Kier molecular flexibility index (Phi) is 9.99. The van der Waals surface area contributed by atoms with Crippen LogP contribution < -0.4 is 10.6 Å². The molecule has 2 aliphatic rings. The Morgan fingerprint density at radius 3 is 1.59 bits per heavy atom. The number of hydrogen-bond donors (Lipinski definition) is 2. The van der Waals surface area contributed by atoms with E-state index in [1.807, 2.05) is 12.1 Å². The molecule has 0 saturated heterocycles. The molecule has 236 valence electrons. The minimum absolute atomic E-state index is 0.272. The van der Waals surface area contributed by atoms with Gasteiger partial charge in [-0.15, -0.1) is 9.90 Å². The first-order valence-corrected chi connectivity index (χ1v) is 18.8. The lowest BCUT2D eigenvalue weighted by molar-refractivity contribution is 0.462. The second-order valence-electron chi connectivity index (χ2n) is 11.5. The second-order valence-corrected chi connectivity index (χ2v) is 15.6. The summed E-state index contributed by atoms with van der Waals surface area (Å²) in [6, 6.07) is 11.0. The van der Waals surface area contributed by atoms with Gasteiger partial charge in [-0.1, -0.05) is 43.7 Å². The summed E-state index contributed by atoms with van der Waals surface area (Å²) in [6.45, 7) is 0. The number of sulfone groups is 2. The van der Waals surface area contributed by atoms with Crippen LogP contribution in [0.2, 0.25) is 0 Å². The van der Waals surface area contributed by atoms with Crippen molar-refractivity contribution in [2.75, 3.05) is 23.1 Å². The summed E-state index contributed by atoms with van der Waals surface area (Å²) in [6.07, 6.45) is 21.0. The lowest BCUT2D eigenvalue weighted by atomic mass is 9.95. The summed E-state index contributed by atoms with van der Waals surface area (Å²) in [5.41, 5.74) is 3.14. The molecule has 12 nitrogen and oxygen atoms in total. The van der Waals surface area contributed by atoms with E-state index < -0.39 is 19.7 Å². The molecule has 4 aromatic rings. The van der Waals surface area contributed by atoms with Crippen molar-refractivity contribution in [2.24, 2.45) is 0 Å². The zero-order chi connectivity index (χ0) is 31.2. The third-order valence-corrected chi connectivity index (χ3v) is 10.2. The van der Waals surface area contributed by atoms with E-state index in [0.717, 1.165) is 37.1 Å². The first kappa shape index (κ1) is 31.6. The van der Waals surface area contributed by atoms with Crippen LogP contribution in [-0.4, -0.2) is 71.4 Å². The van der Waals surface area contributed by atoms with Crippen LogP contribution in [-0.2, 0) is 19.7 Å². The Balaban J connectivity index is 0.000000175. The fraction of sp³-hybridized carbons (Fsp3) is 0.467. The van der Waals surface area contributed by atoms with Gasteiger partial charge in [-0.25, -0.2) is 21.5 Å². The number of benzene rings is 2. The number of rotatable bonds is 8. The molecule has 0 amide bonds. The Hall–Kier alpha value is -3.78. The summed E-state index contributed by atoms with van der Waals surface area (Å²) in [5.74, 6) is 0. The maximum atomic E-state index is 11.8. The van der Waals surface area contributed by atoms with Crippen molar-refractivity contribution in [3.63, 3.8) is 0 Å². The standard InChI is InChI=1S/2C15H20N4O2S/c1-22(20,21)13-7-8-14(17-12-5-3-2-4-6-12)15(11-13)19-10-9-16-18-19;1-22(20,21)13-7-8-14(18-12-5-3-2-4-6-12)15(11-13)19-16-9-10-17-19/h7-12,17H,2-6H2,1H3;7-12,18H,2-6H2,1H3. The number of nitrogens with one attached hydrogen (secondary N) is 2. The van der Waals surface area contributed by atoms with E-state index in [4.69, 9.17) is 0 Å². The predicted octanol–water partition coefficient (Wildman–Crippen LogP) is 4.83. The molecule has 2 N–H and O–H groups in total. The molecule has 0 aliphatic heterocycles. The highest BCUT2D eigenvalue weighted by molar-refractivity contribution is 7.91. The molecule has 14 heteroatoms. The lowest BCUT2D eigenvalue weighted by Crippen LogP contribution is -2.23. The topological polar surface area (TPSA) is 154 Å². The van der Waals surface area contributed by atoms with Crippen LogP contribution in [0.15, 0.2) is 71.0 Å². The minimum Gasteiger partial charge on any atom is -0.381 e. The van der Waals surface area contributed by atoms with Gasteiger partial charge in [0.05, 0.1) is 51.6 Å². The average molecular weight is 641 g/mol. The molecule has 2 fully saturated rings. The quantitative estimate of drug-likeness (QED) is 0.274. The van der Waals surface area contributed by atoms with Crippen molar-refractivity contribution in [1.82, 2.24) is 30.0 Å². The first-order chi connectivity index (χ1) is 21.1. The molecule has 0 unspecified atom stereocenters. The van der Waals surface area contributed by atoms with Gasteiger partial charge in [0, 0.05) is 24.6 Å². The summed E-state index contributed by atoms with van der Waals surface area (Å²) < 4.78 is 48.7. The van der Waals surface area contributed by atoms with E-state index in [9.17, 15) is 16.8 Å². The number of aromatic nitrogens is 6. The van der Waals surface area contributed by atoms with Gasteiger partial charge in [0.15, 0.2) is 19.7 Å². The van der Waals surface area contributed by atoms with Crippen LogP contribution in [0.1, 0.15) is 64.2 Å². The van der Waals surface area contributed by atoms with E-state index in [1.165, 1.54) is 55.8 Å². The van der Waals surface area contributed by atoms with Gasteiger partial charge in [0.25, 0.3) is 0 Å². The van der Waals surface area contributed by atoms with Gasteiger partial charge >= 0.3 is 0 Å². The van der Waals surface area contributed by atoms with E-state index >= 15 is 0 Å². The highest BCUT2D eigenvalue weighted by Crippen LogP contribution is 2.29. The van der Waals surface area contributed by atoms with Crippen LogP contribution >= 0.6 is 0 Å². The minimum atomic E-state index is -3.26. The summed E-state index contributed by atoms with van der Waals surface area (Å²) in [5, 5.41) is 23.1. The maximum Gasteiger partial charge on any atom is 0.175 e. The monoisotopic (exact) mass is 640 g/mol. The molecule has 6 rings (SSSR count). The second kappa shape index (κ2) is 13.9. The van der Waals surface area contributed by atoms with Crippen molar-refractivity contribution in [3.8, 4) is 11.4 Å². The van der Waals surface area contributed by atoms with Crippen LogP contribution in [0.5, 0.6) is 0 Å². The molecular formula is C30H40N8O4S2. The third-order valence-electron chi connectivity index (χ3n) is 8.03. The Bertz CT molecular complexity index is 1600. The Morgan fingerprint density at radius 1 is 0.659 bits per heavy atom. The average Bonchev–Trinajstić information content (AvgIpc) is 3.74. The molecule has 2 saturated carbocycles. The molecule has 0 atom stereocenters. The summed E-state index contributed by atoms with van der Waals surface area (Å²) in [4.78, 5) is 2.01. The van der Waals surface area contributed by atoms with Crippen LogP contribution in [0, 0.1) is 0 Å². The van der Waals surface area contributed by atoms with Crippen molar-refractivity contribution in [1.29, 1.82) is 0 Å². The van der Waals surface area contributed by atoms with Gasteiger partial charge in [-0.05, 0) is 62.1 Å². The fourth-order valence-corrected chi connectivity index (χ4v) is 6.98. The van der Waals surface area contributed by atoms with Gasteiger partial charge in [0.2, 0.25) is 0 Å². The van der Waals surface area contributed by atoms with E-state index in [2.05, 4.69) is 31.1 Å². The molecule has 2 aromatic carbocycles. The molecule has 2 heterocycles. The maximum absolute atomic E-state index is 11.8. The highest BCUT2D eigenvalue weighted by Gasteiger charge is 2.19. The van der Waals surface area contributed by atoms with Gasteiger partial charge < -0.3 is 10.6 Å².